The zero-order valence-electron chi connectivity index (χ0n) is 16.6. The number of nitrogens with zero attached hydrogens (tertiary/aromatic N) is 2. The van der Waals surface area contributed by atoms with E-state index < -0.39 is 5.60 Å². The average Bonchev–Trinajstić information content (AvgIpc) is 3.01. The van der Waals surface area contributed by atoms with Crippen LogP contribution in [0, 0.1) is 0 Å². The lowest BCUT2D eigenvalue weighted by atomic mass is 10.1. The number of rotatable bonds is 4. The topological polar surface area (TPSA) is 44.8 Å². The molecule has 1 aromatic carbocycles. The number of amides is 1. The molecule has 0 aromatic heterocycles. The monoisotopic (exact) mass is 359 g/mol. The smallest absolute Gasteiger partial charge is 0.408 e. The molecule has 0 saturated carbocycles. The molecule has 2 saturated heterocycles. The van der Waals surface area contributed by atoms with E-state index in [-0.39, 0.29) is 12.1 Å². The molecule has 5 heteroatoms. The minimum absolute atomic E-state index is 0.0686. The van der Waals surface area contributed by atoms with E-state index in [0.717, 1.165) is 24.7 Å². The van der Waals surface area contributed by atoms with E-state index in [1.165, 1.54) is 38.0 Å². The first kappa shape index (κ1) is 19.2. The molecule has 2 fully saturated rings. The maximum absolute atomic E-state index is 11.9. The summed E-state index contributed by atoms with van der Waals surface area (Å²) in [4.78, 5) is 17.1. The Kier molecular flexibility index (Phi) is 5.88. The predicted molar refractivity (Wildman–Crippen MR) is 104 cm³/mol. The largest absolute Gasteiger partial charge is 0.444 e. The van der Waals surface area contributed by atoms with E-state index in [1.54, 1.807) is 0 Å². The number of fused-ring (bicyclic) bond motifs is 1. The molecule has 2 atom stereocenters. The van der Waals surface area contributed by atoms with Crippen molar-refractivity contribution in [2.24, 2.45) is 0 Å². The summed E-state index contributed by atoms with van der Waals surface area (Å²) < 4.78 is 5.33. The summed E-state index contributed by atoms with van der Waals surface area (Å²) in [5.41, 5.74) is 1.96. The Balaban J connectivity index is 1.50. The van der Waals surface area contributed by atoms with Crippen molar-refractivity contribution < 1.29 is 9.53 Å². The standard InChI is InChI=1S/C21H33N3O2/c1-16(22-20(25)26-21(2,3)4)18-9-7-17(8-10-18)14-23-12-13-24-11-5-6-19(24)15-23/h7-10,16,19H,5-6,11-15H2,1-4H3,(H,22,25)/t16-,19-/m0/s1. The highest BCUT2D eigenvalue weighted by atomic mass is 16.6. The quantitative estimate of drug-likeness (QED) is 0.893. The fourth-order valence-corrected chi connectivity index (χ4v) is 3.94. The molecule has 2 aliphatic heterocycles. The van der Waals surface area contributed by atoms with E-state index in [9.17, 15) is 4.79 Å². The highest BCUT2D eigenvalue weighted by Gasteiger charge is 2.30. The third-order valence-corrected chi connectivity index (χ3v) is 5.29. The number of benzene rings is 1. The highest BCUT2D eigenvalue weighted by Crippen LogP contribution is 2.23. The Morgan fingerprint density at radius 3 is 2.65 bits per heavy atom. The molecular formula is C21H33N3O2. The molecule has 3 rings (SSSR count). The van der Waals surface area contributed by atoms with Crippen LogP contribution in [0.25, 0.3) is 0 Å². The van der Waals surface area contributed by atoms with Crippen LogP contribution in [0.4, 0.5) is 4.79 Å². The second-order valence-corrected chi connectivity index (χ2v) is 8.68. The average molecular weight is 360 g/mol. The highest BCUT2D eigenvalue weighted by molar-refractivity contribution is 5.68. The molecule has 0 spiro atoms. The fraction of sp³-hybridized carbons (Fsp3) is 0.667. The van der Waals surface area contributed by atoms with E-state index in [0.29, 0.717) is 0 Å². The van der Waals surface area contributed by atoms with E-state index >= 15 is 0 Å². The van der Waals surface area contributed by atoms with Gasteiger partial charge in [0.25, 0.3) is 0 Å². The number of ether oxygens (including phenoxy) is 1. The summed E-state index contributed by atoms with van der Waals surface area (Å²) in [6.45, 7) is 13.5. The molecule has 1 N–H and O–H groups in total. The van der Waals surface area contributed by atoms with Gasteiger partial charge in [-0.3, -0.25) is 9.80 Å². The molecule has 0 unspecified atom stereocenters. The number of carbonyl (C=O) groups is 1. The summed E-state index contributed by atoms with van der Waals surface area (Å²) in [6, 6.07) is 9.29. The summed E-state index contributed by atoms with van der Waals surface area (Å²) in [6.07, 6.45) is 2.34. The fourth-order valence-electron chi connectivity index (χ4n) is 3.94. The van der Waals surface area contributed by atoms with Gasteiger partial charge in [-0.15, -0.1) is 0 Å². The van der Waals surface area contributed by atoms with Crippen molar-refractivity contribution in [3.63, 3.8) is 0 Å². The molecule has 1 amide bonds. The number of alkyl carbamates (subject to hydrolysis) is 1. The molecule has 26 heavy (non-hydrogen) atoms. The van der Waals surface area contributed by atoms with Crippen molar-refractivity contribution in [2.75, 3.05) is 26.2 Å². The predicted octanol–water partition coefficient (Wildman–Crippen LogP) is 3.55. The molecule has 2 aliphatic rings. The van der Waals surface area contributed by atoms with Crippen LogP contribution in [0.1, 0.15) is 57.7 Å². The Labute approximate surface area is 157 Å². The van der Waals surface area contributed by atoms with Gasteiger partial charge in [-0.25, -0.2) is 4.79 Å². The Hall–Kier alpha value is -1.59. The van der Waals surface area contributed by atoms with E-state index in [4.69, 9.17) is 4.74 Å². The molecule has 5 nitrogen and oxygen atoms in total. The van der Waals surface area contributed by atoms with Crippen LogP contribution >= 0.6 is 0 Å². The van der Waals surface area contributed by atoms with Crippen molar-refractivity contribution in [3.8, 4) is 0 Å². The number of hydrogen-bond acceptors (Lipinski definition) is 4. The van der Waals surface area contributed by atoms with Gasteiger partial charge in [0.05, 0.1) is 6.04 Å². The van der Waals surface area contributed by atoms with Gasteiger partial charge in [-0.2, -0.15) is 0 Å². The molecule has 0 bridgehead atoms. The summed E-state index contributed by atoms with van der Waals surface area (Å²) in [7, 11) is 0. The van der Waals surface area contributed by atoms with E-state index in [2.05, 4.69) is 39.4 Å². The minimum Gasteiger partial charge on any atom is -0.444 e. The van der Waals surface area contributed by atoms with Gasteiger partial charge in [0.2, 0.25) is 0 Å². The summed E-state index contributed by atoms with van der Waals surface area (Å²) in [5, 5.41) is 2.90. The third-order valence-electron chi connectivity index (χ3n) is 5.29. The second-order valence-electron chi connectivity index (χ2n) is 8.68. The first-order valence-corrected chi connectivity index (χ1v) is 9.85. The number of piperazine rings is 1. The maximum atomic E-state index is 11.9. The normalized spacial score (nSPS) is 22.7. The SMILES string of the molecule is C[C@H](NC(=O)OC(C)(C)C)c1ccc(CN2CCN3CCC[C@H]3C2)cc1. The lowest BCUT2D eigenvalue weighted by molar-refractivity contribution is 0.0508. The van der Waals surface area contributed by atoms with Crippen LogP contribution in [0.15, 0.2) is 24.3 Å². The van der Waals surface area contributed by atoms with Crippen LogP contribution in [0.2, 0.25) is 0 Å². The van der Waals surface area contributed by atoms with Crippen molar-refractivity contribution in [1.82, 2.24) is 15.1 Å². The number of carbonyl (C=O) groups excluding carboxylic acids is 1. The first-order valence-electron chi connectivity index (χ1n) is 9.85. The molecule has 0 radical (unpaired) electrons. The first-order chi connectivity index (χ1) is 12.3. The molecular weight excluding hydrogens is 326 g/mol. The molecule has 2 heterocycles. The van der Waals surface area contributed by atoms with Crippen LogP contribution in [-0.4, -0.2) is 53.7 Å². The van der Waals surface area contributed by atoms with Crippen LogP contribution in [-0.2, 0) is 11.3 Å². The Bertz CT molecular complexity index is 609. The van der Waals surface area contributed by atoms with E-state index in [1.807, 2.05) is 27.7 Å². The van der Waals surface area contributed by atoms with Gasteiger partial charge in [0, 0.05) is 32.2 Å². The van der Waals surface area contributed by atoms with Crippen molar-refractivity contribution in [3.05, 3.63) is 35.4 Å². The zero-order chi connectivity index (χ0) is 18.7. The van der Waals surface area contributed by atoms with Gasteiger partial charge < -0.3 is 10.1 Å². The van der Waals surface area contributed by atoms with Gasteiger partial charge >= 0.3 is 6.09 Å². The third kappa shape index (κ3) is 5.21. The van der Waals surface area contributed by atoms with Gasteiger partial charge in [0.15, 0.2) is 0 Å². The van der Waals surface area contributed by atoms with Crippen molar-refractivity contribution >= 4 is 6.09 Å². The lowest BCUT2D eigenvalue weighted by Gasteiger charge is -2.37. The molecule has 1 aromatic rings. The lowest BCUT2D eigenvalue weighted by Crippen LogP contribution is -2.49. The van der Waals surface area contributed by atoms with Crippen molar-refractivity contribution in [2.45, 2.75) is 64.8 Å². The van der Waals surface area contributed by atoms with Gasteiger partial charge in [-0.1, -0.05) is 24.3 Å². The van der Waals surface area contributed by atoms with Gasteiger partial charge in [-0.05, 0) is 58.2 Å². The molecule has 144 valence electrons. The summed E-state index contributed by atoms with van der Waals surface area (Å²) >= 11 is 0. The summed E-state index contributed by atoms with van der Waals surface area (Å²) in [5.74, 6) is 0. The van der Waals surface area contributed by atoms with Gasteiger partial charge in [0.1, 0.15) is 5.60 Å². The zero-order valence-corrected chi connectivity index (χ0v) is 16.6. The Morgan fingerprint density at radius 2 is 1.96 bits per heavy atom. The van der Waals surface area contributed by atoms with Crippen LogP contribution in [0.3, 0.4) is 0 Å². The second kappa shape index (κ2) is 7.97. The Morgan fingerprint density at radius 1 is 1.23 bits per heavy atom. The number of hydrogen-bond donors (Lipinski definition) is 1. The van der Waals surface area contributed by atoms with Crippen molar-refractivity contribution in [1.29, 1.82) is 0 Å². The van der Waals surface area contributed by atoms with Crippen LogP contribution in [0.5, 0.6) is 0 Å². The van der Waals surface area contributed by atoms with Crippen LogP contribution < -0.4 is 5.32 Å². The molecule has 0 aliphatic carbocycles. The maximum Gasteiger partial charge on any atom is 0.408 e. The minimum atomic E-state index is -0.475. The number of nitrogens with one attached hydrogen (secondary N) is 1.